The largest absolute Gasteiger partial charge is 0.462 e. The van der Waals surface area contributed by atoms with Gasteiger partial charge in [-0.1, -0.05) is 13.3 Å². The second kappa shape index (κ2) is 7.05. The Labute approximate surface area is 136 Å². The molecule has 2 aromatic rings. The van der Waals surface area contributed by atoms with Crippen LogP contribution >= 0.6 is 15.9 Å². The Morgan fingerprint density at radius 2 is 2.09 bits per heavy atom. The summed E-state index contributed by atoms with van der Waals surface area (Å²) in [5.41, 5.74) is 0.0274. The van der Waals surface area contributed by atoms with E-state index >= 15 is 0 Å². The Morgan fingerprint density at radius 1 is 1.36 bits per heavy atom. The highest BCUT2D eigenvalue weighted by atomic mass is 79.9. The zero-order chi connectivity index (χ0) is 16.3. The molecule has 118 valence electrons. The van der Waals surface area contributed by atoms with Crippen molar-refractivity contribution in [3.63, 3.8) is 0 Å². The first-order valence-electron chi connectivity index (χ1n) is 7.18. The Kier molecular flexibility index (Phi) is 5.34. The van der Waals surface area contributed by atoms with E-state index in [1.54, 1.807) is 17.6 Å². The number of hydrogen-bond acceptors (Lipinski definition) is 3. The van der Waals surface area contributed by atoms with Gasteiger partial charge in [-0.15, -0.1) is 0 Å². The van der Waals surface area contributed by atoms with Gasteiger partial charge in [0.1, 0.15) is 11.4 Å². The third-order valence-electron chi connectivity index (χ3n) is 3.37. The van der Waals surface area contributed by atoms with Gasteiger partial charge in [0.15, 0.2) is 0 Å². The Balaban J connectivity index is 2.73. The lowest BCUT2D eigenvalue weighted by Gasteiger charge is -2.13. The summed E-state index contributed by atoms with van der Waals surface area (Å²) < 4.78 is 20.8. The molecule has 0 aliphatic heterocycles. The molecule has 0 bridgehead atoms. The van der Waals surface area contributed by atoms with Crippen LogP contribution in [0.15, 0.2) is 27.6 Å². The van der Waals surface area contributed by atoms with Gasteiger partial charge in [0.25, 0.3) is 0 Å². The van der Waals surface area contributed by atoms with E-state index in [0.29, 0.717) is 12.1 Å². The standard InChI is InChI=1S/C16H17BrFNO3/c1-3-5-6-19-9-11(16(21)22-4-2)15(20)10-7-13(18)12(17)8-14(10)19/h7-9H,3-6H2,1-2H3. The summed E-state index contributed by atoms with van der Waals surface area (Å²) in [5, 5.41) is 0.183. The maximum atomic E-state index is 13.8. The zero-order valence-electron chi connectivity index (χ0n) is 12.5. The molecule has 0 unspecified atom stereocenters. The number of aryl methyl sites for hydroxylation is 1. The molecule has 22 heavy (non-hydrogen) atoms. The van der Waals surface area contributed by atoms with Crippen LogP contribution in [0.2, 0.25) is 0 Å². The predicted molar refractivity (Wildman–Crippen MR) is 86.7 cm³/mol. The number of ether oxygens (including phenoxy) is 1. The van der Waals surface area contributed by atoms with Crippen LogP contribution in [0, 0.1) is 5.82 Å². The lowest BCUT2D eigenvalue weighted by Crippen LogP contribution is -2.21. The number of aromatic nitrogens is 1. The number of esters is 1. The predicted octanol–water partition coefficient (Wildman–Crippen LogP) is 3.88. The highest BCUT2D eigenvalue weighted by Gasteiger charge is 2.17. The Hall–Kier alpha value is -1.69. The molecule has 0 aliphatic carbocycles. The summed E-state index contributed by atoms with van der Waals surface area (Å²) in [4.78, 5) is 24.4. The molecule has 0 fully saturated rings. The number of carbonyl (C=O) groups excluding carboxylic acids is 1. The van der Waals surface area contributed by atoms with Crippen LogP contribution in [0.1, 0.15) is 37.0 Å². The summed E-state index contributed by atoms with van der Waals surface area (Å²) in [7, 11) is 0. The second-order valence-electron chi connectivity index (χ2n) is 4.92. The van der Waals surface area contributed by atoms with Gasteiger partial charge < -0.3 is 9.30 Å². The summed E-state index contributed by atoms with van der Waals surface area (Å²) in [6.45, 7) is 4.54. The van der Waals surface area contributed by atoms with Crippen molar-refractivity contribution in [3.05, 3.63) is 44.4 Å². The van der Waals surface area contributed by atoms with E-state index in [2.05, 4.69) is 15.9 Å². The van der Waals surface area contributed by atoms with Crippen molar-refractivity contribution >= 4 is 32.8 Å². The molecule has 2 rings (SSSR count). The van der Waals surface area contributed by atoms with Crippen molar-refractivity contribution in [2.24, 2.45) is 0 Å². The van der Waals surface area contributed by atoms with Crippen LogP contribution in [0.4, 0.5) is 4.39 Å². The average molecular weight is 370 g/mol. The first-order valence-corrected chi connectivity index (χ1v) is 7.98. The normalized spacial score (nSPS) is 10.9. The SMILES string of the molecule is CCCCn1cc(C(=O)OCC)c(=O)c2cc(F)c(Br)cc21. The quantitative estimate of drug-likeness (QED) is 0.751. The molecule has 0 amide bonds. The Morgan fingerprint density at radius 3 is 2.73 bits per heavy atom. The molecule has 1 aromatic heterocycles. The minimum atomic E-state index is -0.678. The number of nitrogens with zero attached hydrogens (tertiary/aromatic N) is 1. The van der Waals surface area contributed by atoms with Crippen LogP contribution in [-0.2, 0) is 11.3 Å². The fraction of sp³-hybridized carbons (Fsp3) is 0.375. The third kappa shape index (κ3) is 3.21. The molecule has 0 N–H and O–H groups in total. The molecule has 6 heteroatoms. The van der Waals surface area contributed by atoms with Gasteiger partial charge >= 0.3 is 5.97 Å². The fourth-order valence-corrected chi connectivity index (χ4v) is 2.58. The summed E-state index contributed by atoms with van der Waals surface area (Å²) >= 11 is 3.13. The molecule has 0 spiro atoms. The topological polar surface area (TPSA) is 48.3 Å². The number of benzene rings is 1. The minimum absolute atomic E-state index is 0.0628. The highest BCUT2D eigenvalue weighted by Crippen LogP contribution is 2.22. The van der Waals surface area contributed by atoms with Crippen molar-refractivity contribution in [2.45, 2.75) is 33.2 Å². The Bertz CT molecular complexity index is 770. The monoisotopic (exact) mass is 369 g/mol. The second-order valence-corrected chi connectivity index (χ2v) is 5.78. The van der Waals surface area contributed by atoms with Gasteiger partial charge in [-0.3, -0.25) is 4.79 Å². The number of rotatable bonds is 5. The molecule has 1 heterocycles. The van der Waals surface area contributed by atoms with Crippen LogP contribution < -0.4 is 5.43 Å². The van der Waals surface area contributed by atoms with E-state index in [4.69, 9.17) is 4.74 Å². The van der Waals surface area contributed by atoms with E-state index in [0.717, 1.165) is 18.9 Å². The zero-order valence-corrected chi connectivity index (χ0v) is 14.1. The van der Waals surface area contributed by atoms with Crippen LogP contribution in [-0.4, -0.2) is 17.1 Å². The van der Waals surface area contributed by atoms with Crippen molar-refractivity contribution in [1.29, 1.82) is 0 Å². The van der Waals surface area contributed by atoms with Crippen molar-refractivity contribution in [3.8, 4) is 0 Å². The van der Waals surface area contributed by atoms with Gasteiger partial charge in [-0.05, 0) is 41.4 Å². The first-order chi connectivity index (χ1) is 10.5. The molecule has 4 nitrogen and oxygen atoms in total. The maximum Gasteiger partial charge on any atom is 0.343 e. The minimum Gasteiger partial charge on any atom is -0.462 e. The lowest BCUT2D eigenvalue weighted by atomic mass is 10.1. The maximum absolute atomic E-state index is 13.8. The number of hydrogen-bond donors (Lipinski definition) is 0. The smallest absolute Gasteiger partial charge is 0.343 e. The molecule has 1 aromatic carbocycles. The van der Waals surface area contributed by atoms with Gasteiger partial charge in [0, 0.05) is 18.1 Å². The first kappa shape index (κ1) is 16.7. The molecule has 0 saturated heterocycles. The van der Waals surface area contributed by atoms with Crippen LogP contribution in [0.25, 0.3) is 10.9 Å². The van der Waals surface area contributed by atoms with Crippen molar-refractivity contribution in [1.82, 2.24) is 4.57 Å². The third-order valence-corrected chi connectivity index (χ3v) is 3.98. The van der Waals surface area contributed by atoms with Crippen LogP contribution in [0.5, 0.6) is 0 Å². The summed E-state index contributed by atoms with van der Waals surface area (Å²) in [6, 6.07) is 2.73. The van der Waals surface area contributed by atoms with E-state index < -0.39 is 17.2 Å². The van der Waals surface area contributed by atoms with E-state index in [-0.39, 0.29) is 22.0 Å². The van der Waals surface area contributed by atoms with Crippen molar-refractivity contribution in [2.75, 3.05) is 6.61 Å². The fourth-order valence-electron chi connectivity index (χ4n) is 2.25. The summed E-state index contributed by atoms with van der Waals surface area (Å²) in [6.07, 6.45) is 3.35. The molecule has 0 saturated carbocycles. The molecule has 0 aliphatic rings. The number of halogens is 2. The van der Waals surface area contributed by atoms with Gasteiger partial charge in [-0.2, -0.15) is 0 Å². The number of fused-ring (bicyclic) bond motifs is 1. The molecule has 0 radical (unpaired) electrons. The number of carbonyl (C=O) groups is 1. The van der Waals surface area contributed by atoms with Gasteiger partial charge in [0.05, 0.1) is 16.6 Å². The average Bonchev–Trinajstić information content (AvgIpc) is 2.49. The van der Waals surface area contributed by atoms with E-state index in [1.807, 2.05) is 6.92 Å². The van der Waals surface area contributed by atoms with Crippen LogP contribution in [0.3, 0.4) is 0 Å². The summed E-state index contributed by atoms with van der Waals surface area (Å²) in [5.74, 6) is -1.21. The number of pyridine rings is 1. The van der Waals surface area contributed by atoms with E-state index in [9.17, 15) is 14.0 Å². The van der Waals surface area contributed by atoms with Gasteiger partial charge in [-0.25, -0.2) is 9.18 Å². The van der Waals surface area contributed by atoms with Gasteiger partial charge in [0.2, 0.25) is 5.43 Å². The van der Waals surface area contributed by atoms with Crippen molar-refractivity contribution < 1.29 is 13.9 Å². The number of unbranched alkanes of at least 4 members (excludes halogenated alkanes) is 1. The molecular weight excluding hydrogens is 353 g/mol. The molecular formula is C16H17BrFNO3. The van der Waals surface area contributed by atoms with E-state index in [1.165, 1.54) is 6.20 Å². The lowest BCUT2D eigenvalue weighted by molar-refractivity contribution is 0.0524. The highest BCUT2D eigenvalue weighted by molar-refractivity contribution is 9.10. The molecule has 0 atom stereocenters.